The number of amides is 2. The number of carbonyl (C=O) groups excluding carboxylic acids is 2. The molecule has 1 saturated carbocycles. The van der Waals surface area contributed by atoms with Gasteiger partial charge in [0.1, 0.15) is 5.56 Å². The van der Waals surface area contributed by atoms with Crippen molar-refractivity contribution in [1.29, 1.82) is 0 Å². The fourth-order valence-electron chi connectivity index (χ4n) is 2.77. The number of rotatable bonds is 8. The molecule has 2 aromatic rings. The van der Waals surface area contributed by atoms with Crippen molar-refractivity contribution in [3.63, 3.8) is 0 Å². The van der Waals surface area contributed by atoms with Crippen LogP contribution in [0.4, 0.5) is 17.1 Å². The first-order valence-corrected chi connectivity index (χ1v) is 9.14. The van der Waals surface area contributed by atoms with Crippen LogP contribution in [0.25, 0.3) is 0 Å². The van der Waals surface area contributed by atoms with Gasteiger partial charge in [-0.25, -0.2) is 0 Å². The van der Waals surface area contributed by atoms with Crippen LogP contribution in [0, 0.1) is 16.0 Å². The van der Waals surface area contributed by atoms with Gasteiger partial charge in [0.2, 0.25) is 5.91 Å². The molecule has 0 bridgehead atoms. The van der Waals surface area contributed by atoms with Gasteiger partial charge in [0.25, 0.3) is 11.6 Å². The molecule has 0 heterocycles. The largest absolute Gasteiger partial charge is 0.493 e. The van der Waals surface area contributed by atoms with Gasteiger partial charge in [0, 0.05) is 23.4 Å². The smallest absolute Gasteiger partial charge is 0.286 e. The first-order valence-electron chi connectivity index (χ1n) is 9.14. The molecule has 0 radical (unpaired) electrons. The molecule has 1 aliphatic carbocycles. The number of anilines is 2. The quantitative estimate of drug-likeness (QED) is 0.517. The molecule has 9 heteroatoms. The van der Waals surface area contributed by atoms with Crippen LogP contribution in [0.5, 0.6) is 11.5 Å². The monoisotopic (exact) mass is 399 g/mol. The highest BCUT2D eigenvalue weighted by molar-refractivity contribution is 6.08. The number of nitrogens with zero attached hydrogens (tertiary/aromatic N) is 1. The Morgan fingerprint density at radius 1 is 1.14 bits per heavy atom. The van der Waals surface area contributed by atoms with Crippen molar-refractivity contribution in [3.05, 3.63) is 52.1 Å². The van der Waals surface area contributed by atoms with Crippen molar-refractivity contribution in [2.75, 3.05) is 24.4 Å². The van der Waals surface area contributed by atoms with E-state index in [0.29, 0.717) is 18.0 Å². The minimum atomic E-state index is -0.677. The van der Waals surface area contributed by atoms with Crippen molar-refractivity contribution in [2.24, 2.45) is 5.92 Å². The van der Waals surface area contributed by atoms with Crippen molar-refractivity contribution >= 4 is 28.9 Å². The lowest BCUT2D eigenvalue weighted by molar-refractivity contribution is -0.385. The third-order valence-electron chi connectivity index (χ3n) is 4.36. The van der Waals surface area contributed by atoms with E-state index in [9.17, 15) is 19.7 Å². The van der Waals surface area contributed by atoms with Crippen LogP contribution in [0.2, 0.25) is 0 Å². The minimum absolute atomic E-state index is 0.0483. The van der Waals surface area contributed by atoms with Crippen LogP contribution < -0.4 is 20.1 Å². The number of hydrogen-bond acceptors (Lipinski definition) is 6. The summed E-state index contributed by atoms with van der Waals surface area (Å²) < 4.78 is 10.5. The number of hydrogen-bond donors (Lipinski definition) is 2. The van der Waals surface area contributed by atoms with Crippen LogP contribution in [-0.2, 0) is 4.79 Å². The van der Waals surface area contributed by atoms with Gasteiger partial charge in [-0.05, 0) is 38.0 Å². The summed E-state index contributed by atoms with van der Waals surface area (Å²) in [5.74, 6) is -0.285. The van der Waals surface area contributed by atoms with Crippen molar-refractivity contribution in [3.8, 4) is 11.5 Å². The lowest BCUT2D eigenvalue weighted by Gasteiger charge is -2.12. The second-order valence-electron chi connectivity index (χ2n) is 6.51. The first kappa shape index (κ1) is 20.1. The summed E-state index contributed by atoms with van der Waals surface area (Å²) in [6, 6.07) is 9.04. The first-order chi connectivity index (χ1) is 13.9. The molecule has 0 spiro atoms. The van der Waals surface area contributed by atoms with Gasteiger partial charge in [-0.2, -0.15) is 0 Å². The summed E-state index contributed by atoms with van der Waals surface area (Å²) in [6.07, 6.45) is 1.76. The third kappa shape index (κ3) is 4.81. The van der Waals surface area contributed by atoms with E-state index < -0.39 is 16.5 Å². The summed E-state index contributed by atoms with van der Waals surface area (Å²) in [5, 5.41) is 16.9. The molecule has 2 N–H and O–H groups in total. The second-order valence-corrected chi connectivity index (χ2v) is 6.51. The fourth-order valence-corrected chi connectivity index (χ4v) is 2.77. The van der Waals surface area contributed by atoms with Gasteiger partial charge in [0.05, 0.1) is 24.7 Å². The van der Waals surface area contributed by atoms with Gasteiger partial charge < -0.3 is 20.1 Å². The number of nitro groups is 1. The maximum absolute atomic E-state index is 12.7. The number of nitrogens with one attached hydrogen (secondary N) is 2. The molecule has 29 heavy (non-hydrogen) atoms. The molecule has 152 valence electrons. The Morgan fingerprint density at radius 3 is 2.41 bits per heavy atom. The highest BCUT2D eigenvalue weighted by Crippen LogP contribution is 2.35. The van der Waals surface area contributed by atoms with Gasteiger partial charge in [-0.3, -0.25) is 19.7 Å². The van der Waals surface area contributed by atoms with Crippen molar-refractivity contribution in [1.82, 2.24) is 0 Å². The average molecular weight is 399 g/mol. The third-order valence-corrected chi connectivity index (χ3v) is 4.36. The second kappa shape index (κ2) is 8.59. The Morgan fingerprint density at radius 2 is 1.83 bits per heavy atom. The predicted octanol–water partition coefficient (Wildman–Crippen LogP) is 3.60. The number of ether oxygens (including phenoxy) is 2. The molecule has 0 unspecified atom stereocenters. The lowest BCUT2D eigenvalue weighted by atomic mass is 10.1. The van der Waals surface area contributed by atoms with E-state index in [2.05, 4.69) is 10.6 Å². The lowest BCUT2D eigenvalue weighted by Crippen LogP contribution is -2.16. The highest BCUT2D eigenvalue weighted by atomic mass is 16.6. The highest BCUT2D eigenvalue weighted by Gasteiger charge is 2.29. The summed E-state index contributed by atoms with van der Waals surface area (Å²) in [6.45, 7) is 2.03. The molecule has 0 saturated heterocycles. The maximum Gasteiger partial charge on any atom is 0.286 e. The average Bonchev–Trinajstić information content (AvgIpc) is 3.53. The SMILES string of the molecule is CCOc1cc([N+](=O)[O-])c(C(=O)Nc2cccc(NC(=O)C3CC3)c2)cc1OC. The van der Waals surface area contributed by atoms with E-state index in [-0.39, 0.29) is 28.9 Å². The Bertz CT molecular complexity index is 955. The normalized spacial score (nSPS) is 12.8. The molecule has 3 rings (SSSR count). The molecule has 0 aliphatic heterocycles. The van der Waals surface area contributed by atoms with E-state index in [1.807, 2.05) is 0 Å². The van der Waals surface area contributed by atoms with Crippen LogP contribution in [0.3, 0.4) is 0 Å². The molecule has 1 fully saturated rings. The summed E-state index contributed by atoms with van der Waals surface area (Å²) in [4.78, 5) is 35.4. The molecule has 0 aromatic heterocycles. The van der Waals surface area contributed by atoms with Gasteiger partial charge in [0.15, 0.2) is 11.5 Å². The zero-order chi connectivity index (χ0) is 21.0. The van der Waals surface area contributed by atoms with Crippen LogP contribution >= 0.6 is 0 Å². The fraction of sp³-hybridized carbons (Fsp3) is 0.300. The molecular weight excluding hydrogens is 378 g/mol. The van der Waals surface area contributed by atoms with Crippen LogP contribution in [0.15, 0.2) is 36.4 Å². The molecule has 9 nitrogen and oxygen atoms in total. The Balaban J connectivity index is 1.84. The van der Waals surface area contributed by atoms with E-state index >= 15 is 0 Å². The number of nitro benzene ring substituents is 1. The Kier molecular flexibility index (Phi) is 5.96. The molecule has 0 atom stereocenters. The molecular formula is C20H21N3O6. The predicted molar refractivity (Wildman–Crippen MR) is 107 cm³/mol. The summed E-state index contributed by atoms with van der Waals surface area (Å²) >= 11 is 0. The zero-order valence-electron chi connectivity index (χ0n) is 16.1. The molecule has 2 amide bonds. The Hall–Kier alpha value is -3.62. The van der Waals surface area contributed by atoms with Crippen molar-refractivity contribution in [2.45, 2.75) is 19.8 Å². The number of methoxy groups -OCH3 is 1. The van der Waals surface area contributed by atoms with Crippen molar-refractivity contribution < 1.29 is 24.0 Å². The van der Waals surface area contributed by atoms with E-state index in [4.69, 9.17) is 9.47 Å². The van der Waals surface area contributed by atoms with Gasteiger partial charge >= 0.3 is 0 Å². The summed E-state index contributed by atoms with van der Waals surface area (Å²) in [5.41, 5.74) is 0.372. The van der Waals surface area contributed by atoms with E-state index in [1.54, 1.807) is 31.2 Å². The standard InChI is InChI=1S/C20H21N3O6/c1-3-29-18-11-16(23(26)27)15(10-17(18)28-2)20(25)22-14-6-4-5-13(9-14)21-19(24)12-7-8-12/h4-6,9-12H,3,7-8H2,1-2H3,(H,21,24)(H,22,25). The zero-order valence-corrected chi connectivity index (χ0v) is 16.1. The van der Waals surface area contributed by atoms with Gasteiger partial charge in [-0.1, -0.05) is 6.07 Å². The number of carbonyl (C=O) groups is 2. The molecule has 2 aromatic carbocycles. The summed E-state index contributed by atoms with van der Waals surface area (Å²) in [7, 11) is 1.39. The number of benzene rings is 2. The van der Waals surface area contributed by atoms with Crippen LogP contribution in [0.1, 0.15) is 30.1 Å². The topological polar surface area (TPSA) is 120 Å². The maximum atomic E-state index is 12.7. The van der Waals surface area contributed by atoms with Gasteiger partial charge in [-0.15, -0.1) is 0 Å². The Labute approximate surface area is 167 Å². The molecule has 1 aliphatic rings. The van der Waals surface area contributed by atoms with E-state index in [0.717, 1.165) is 12.8 Å². The van der Waals surface area contributed by atoms with E-state index in [1.165, 1.54) is 19.2 Å². The minimum Gasteiger partial charge on any atom is -0.493 e. The van der Waals surface area contributed by atoms with Crippen LogP contribution in [-0.4, -0.2) is 30.5 Å².